The van der Waals surface area contributed by atoms with Crippen molar-refractivity contribution in [1.82, 2.24) is 5.32 Å². The minimum atomic E-state index is -0.113. The van der Waals surface area contributed by atoms with Crippen molar-refractivity contribution in [2.24, 2.45) is 23.7 Å². The van der Waals surface area contributed by atoms with Gasteiger partial charge in [-0.2, -0.15) is 0 Å². The second kappa shape index (κ2) is 5.38. The summed E-state index contributed by atoms with van der Waals surface area (Å²) in [7, 11) is 1.46. The van der Waals surface area contributed by atoms with Gasteiger partial charge in [-0.25, -0.2) is 0 Å². The normalized spacial score (nSPS) is 34.6. The number of hydrogen-bond acceptors (Lipinski definition) is 3. The molecule has 0 aromatic rings. The van der Waals surface area contributed by atoms with Crippen LogP contribution in [0.25, 0.3) is 0 Å². The highest BCUT2D eigenvalue weighted by Gasteiger charge is 2.41. The summed E-state index contributed by atoms with van der Waals surface area (Å²) < 4.78 is 4.74. The average Bonchev–Trinajstić information content (AvgIpc) is 2.96. The van der Waals surface area contributed by atoms with E-state index in [1.54, 1.807) is 0 Å². The number of fused-ring (bicyclic) bond motifs is 2. The molecule has 5 atom stereocenters. The third-order valence-corrected chi connectivity index (χ3v) is 4.78. The fourth-order valence-electron chi connectivity index (χ4n) is 3.70. The van der Waals surface area contributed by atoms with Gasteiger partial charge in [0, 0.05) is 12.6 Å². The third kappa shape index (κ3) is 2.82. The zero-order valence-electron chi connectivity index (χ0n) is 11.2. The molecule has 0 heterocycles. The van der Waals surface area contributed by atoms with Crippen LogP contribution >= 0.6 is 0 Å². The SMILES string of the molecule is COC(=O)C(C)CNC(C)C1CC2CCC1C2. The number of carbonyl (C=O) groups excluding carboxylic acids is 1. The molecule has 0 aromatic heterocycles. The van der Waals surface area contributed by atoms with Crippen LogP contribution in [-0.4, -0.2) is 25.7 Å². The Kier molecular flexibility index (Phi) is 4.08. The van der Waals surface area contributed by atoms with Crippen LogP contribution in [0.15, 0.2) is 0 Å². The van der Waals surface area contributed by atoms with E-state index in [9.17, 15) is 4.79 Å². The topological polar surface area (TPSA) is 38.3 Å². The summed E-state index contributed by atoms with van der Waals surface area (Å²) in [5.74, 6) is 2.61. The van der Waals surface area contributed by atoms with Crippen molar-refractivity contribution < 1.29 is 9.53 Å². The average molecular weight is 239 g/mol. The molecule has 0 amide bonds. The molecular formula is C14H25NO2. The van der Waals surface area contributed by atoms with Crippen LogP contribution in [-0.2, 0) is 9.53 Å². The summed E-state index contributed by atoms with van der Waals surface area (Å²) in [6.07, 6.45) is 5.72. The molecule has 2 fully saturated rings. The highest BCUT2D eigenvalue weighted by atomic mass is 16.5. The molecule has 2 rings (SSSR count). The Morgan fingerprint density at radius 2 is 2.12 bits per heavy atom. The van der Waals surface area contributed by atoms with Gasteiger partial charge in [0.25, 0.3) is 0 Å². The Hall–Kier alpha value is -0.570. The summed E-state index contributed by atoms with van der Waals surface area (Å²) in [6, 6.07) is 0.539. The molecular weight excluding hydrogens is 214 g/mol. The predicted molar refractivity (Wildman–Crippen MR) is 67.6 cm³/mol. The quantitative estimate of drug-likeness (QED) is 0.748. The molecule has 2 bridgehead atoms. The fraction of sp³-hybridized carbons (Fsp3) is 0.929. The maximum absolute atomic E-state index is 11.3. The van der Waals surface area contributed by atoms with Gasteiger partial charge in [0.2, 0.25) is 0 Å². The van der Waals surface area contributed by atoms with E-state index in [1.807, 2.05) is 6.92 Å². The van der Waals surface area contributed by atoms with Crippen molar-refractivity contribution >= 4 is 5.97 Å². The lowest BCUT2D eigenvalue weighted by Crippen LogP contribution is -2.40. The van der Waals surface area contributed by atoms with Crippen LogP contribution in [0.4, 0.5) is 0 Å². The van der Waals surface area contributed by atoms with E-state index in [2.05, 4.69) is 12.2 Å². The van der Waals surface area contributed by atoms with Crippen molar-refractivity contribution in [2.45, 2.75) is 45.6 Å². The number of rotatable bonds is 5. The number of nitrogens with one attached hydrogen (secondary N) is 1. The Morgan fingerprint density at radius 1 is 1.35 bits per heavy atom. The zero-order chi connectivity index (χ0) is 12.4. The van der Waals surface area contributed by atoms with E-state index in [0.717, 1.165) is 24.3 Å². The number of carbonyl (C=O) groups is 1. The molecule has 3 heteroatoms. The smallest absolute Gasteiger partial charge is 0.309 e. The van der Waals surface area contributed by atoms with Crippen LogP contribution in [0.5, 0.6) is 0 Å². The first-order chi connectivity index (χ1) is 8.11. The van der Waals surface area contributed by atoms with Crippen LogP contribution in [0.1, 0.15) is 39.5 Å². The van der Waals surface area contributed by atoms with Crippen molar-refractivity contribution in [2.75, 3.05) is 13.7 Å². The van der Waals surface area contributed by atoms with Gasteiger partial charge in [0.15, 0.2) is 0 Å². The highest BCUT2D eigenvalue weighted by Crippen LogP contribution is 2.49. The maximum atomic E-state index is 11.3. The molecule has 0 saturated heterocycles. The van der Waals surface area contributed by atoms with Crippen molar-refractivity contribution in [3.8, 4) is 0 Å². The van der Waals surface area contributed by atoms with Crippen LogP contribution in [0.3, 0.4) is 0 Å². The number of esters is 1. The first kappa shape index (κ1) is 12.9. The van der Waals surface area contributed by atoms with Gasteiger partial charge in [-0.3, -0.25) is 4.79 Å². The lowest BCUT2D eigenvalue weighted by molar-refractivity contribution is -0.144. The standard InChI is InChI=1S/C14H25NO2/c1-9(14(16)17-3)8-15-10(2)13-7-11-4-5-12(13)6-11/h9-13,15H,4-8H2,1-3H3. The second-order valence-electron chi connectivity index (χ2n) is 5.96. The monoisotopic (exact) mass is 239 g/mol. The Morgan fingerprint density at radius 3 is 2.65 bits per heavy atom. The Bertz CT molecular complexity index is 279. The van der Waals surface area contributed by atoms with Crippen molar-refractivity contribution in [1.29, 1.82) is 0 Å². The largest absolute Gasteiger partial charge is 0.469 e. The van der Waals surface area contributed by atoms with E-state index in [4.69, 9.17) is 4.74 Å². The molecule has 0 radical (unpaired) electrons. The van der Waals surface area contributed by atoms with E-state index >= 15 is 0 Å². The lowest BCUT2D eigenvalue weighted by Gasteiger charge is -2.29. The fourth-order valence-corrected chi connectivity index (χ4v) is 3.70. The first-order valence-electron chi connectivity index (χ1n) is 6.93. The summed E-state index contributed by atoms with van der Waals surface area (Å²) in [6.45, 7) is 4.93. The Labute approximate surface area is 104 Å². The first-order valence-corrected chi connectivity index (χ1v) is 6.93. The second-order valence-corrected chi connectivity index (χ2v) is 5.96. The molecule has 1 N–H and O–H groups in total. The van der Waals surface area contributed by atoms with Gasteiger partial charge in [-0.05, 0) is 43.9 Å². The molecule has 0 aliphatic heterocycles. The van der Waals surface area contributed by atoms with Gasteiger partial charge in [0.1, 0.15) is 0 Å². The molecule has 2 aliphatic carbocycles. The zero-order valence-corrected chi connectivity index (χ0v) is 11.2. The molecule has 0 aromatic carbocycles. The summed E-state index contributed by atoms with van der Waals surface area (Å²) in [5, 5.41) is 3.52. The van der Waals surface area contributed by atoms with E-state index in [0.29, 0.717) is 6.04 Å². The van der Waals surface area contributed by atoms with E-state index in [-0.39, 0.29) is 11.9 Å². The van der Waals surface area contributed by atoms with E-state index in [1.165, 1.54) is 32.8 Å². The van der Waals surface area contributed by atoms with E-state index < -0.39 is 0 Å². The van der Waals surface area contributed by atoms with Gasteiger partial charge in [-0.15, -0.1) is 0 Å². The molecule has 2 aliphatic rings. The number of hydrogen-bond donors (Lipinski definition) is 1. The van der Waals surface area contributed by atoms with Crippen LogP contribution in [0.2, 0.25) is 0 Å². The van der Waals surface area contributed by atoms with Crippen molar-refractivity contribution in [3.63, 3.8) is 0 Å². The minimum absolute atomic E-state index is 0.0407. The molecule has 0 spiro atoms. The van der Waals surface area contributed by atoms with Gasteiger partial charge in [-0.1, -0.05) is 13.3 Å². The van der Waals surface area contributed by atoms with Crippen molar-refractivity contribution in [3.05, 3.63) is 0 Å². The number of methoxy groups -OCH3 is 1. The Balaban J connectivity index is 1.74. The van der Waals surface area contributed by atoms with Crippen LogP contribution in [0, 0.1) is 23.7 Å². The third-order valence-electron chi connectivity index (χ3n) is 4.78. The summed E-state index contributed by atoms with van der Waals surface area (Å²) >= 11 is 0. The predicted octanol–water partition coefficient (Wildman–Crippen LogP) is 2.21. The molecule has 5 unspecified atom stereocenters. The summed E-state index contributed by atoms with van der Waals surface area (Å²) in [5.41, 5.74) is 0. The summed E-state index contributed by atoms with van der Waals surface area (Å²) in [4.78, 5) is 11.3. The number of ether oxygens (including phenoxy) is 1. The lowest BCUT2D eigenvalue weighted by atomic mass is 9.84. The van der Waals surface area contributed by atoms with Gasteiger partial charge in [0.05, 0.1) is 13.0 Å². The van der Waals surface area contributed by atoms with Gasteiger partial charge < -0.3 is 10.1 Å². The minimum Gasteiger partial charge on any atom is -0.469 e. The maximum Gasteiger partial charge on any atom is 0.309 e. The molecule has 3 nitrogen and oxygen atoms in total. The molecule has 2 saturated carbocycles. The van der Waals surface area contributed by atoms with Gasteiger partial charge >= 0.3 is 5.97 Å². The van der Waals surface area contributed by atoms with Crippen LogP contribution < -0.4 is 5.32 Å². The molecule has 98 valence electrons. The molecule has 17 heavy (non-hydrogen) atoms. The highest BCUT2D eigenvalue weighted by molar-refractivity contribution is 5.72.